The number of benzene rings is 3. The molecule has 0 spiro atoms. The second kappa shape index (κ2) is 9.16. The molecule has 8 heteroatoms. The van der Waals surface area contributed by atoms with Crippen LogP contribution in [-0.4, -0.2) is 34.3 Å². The first-order chi connectivity index (χ1) is 13.4. The van der Waals surface area contributed by atoms with Gasteiger partial charge in [-0.05, 0) is 65.7 Å². The van der Waals surface area contributed by atoms with E-state index >= 15 is 0 Å². The van der Waals surface area contributed by atoms with Crippen LogP contribution in [0.15, 0.2) is 65.1 Å². The van der Waals surface area contributed by atoms with Crippen LogP contribution >= 0.6 is 31.9 Å². The van der Waals surface area contributed by atoms with Gasteiger partial charge in [-0.3, -0.25) is 0 Å². The van der Waals surface area contributed by atoms with Gasteiger partial charge in [-0.15, -0.1) is 0 Å². The third-order valence-electron chi connectivity index (χ3n) is 4.26. The van der Waals surface area contributed by atoms with Crippen LogP contribution in [0, 0.1) is 6.08 Å². The monoisotopic (exact) mass is 499 g/mol. The molecule has 1 aliphatic rings. The number of halogens is 2. The molecule has 0 heterocycles. The van der Waals surface area contributed by atoms with Crippen molar-refractivity contribution in [1.82, 2.24) is 0 Å². The minimum atomic E-state index is -1.64. The van der Waals surface area contributed by atoms with Crippen molar-refractivity contribution in [3.05, 3.63) is 82.3 Å². The minimum Gasteiger partial charge on any atom is -0.423 e. The van der Waals surface area contributed by atoms with Gasteiger partial charge in [-0.25, -0.2) is 0 Å². The van der Waals surface area contributed by atoms with Crippen LogP contribution in [0.25, 0.3) is 21.3 Å². The van der Waals surface area contributed by atoms with E-state index < -0.39 is 14.2 Å². The first-order valence-electron chi connectivity index (χ1n) is 8.38. The summed E-state index contributed by atoms with van der Waals surface area (Å²) in [5.41, 5.74) is 2.93. The Morgan fingerprint density at radius 2 is 1.32 bits per heavy atom. The van der Waals surface area contributed by atoms with Crippen LogP contribution in [0.2, 0.25) is 0 Å². The van der Waals surface area contributed by atoms with Gasteiger partial charge in [0.15, 0.2) is 4.48 Å². The van der Waals surface area contributed by atoms with Crippen molar-refractivity contribution in [1.29, 1.82) is 0 Å². The van der Waals surface area contributed by atoms with Crippen LogP contribution in [-0.2, 0) is 0 Å². The van der Waals surface area contributed by atoms with Crippen LogP contribution in [0.5, 0.6) is 0 Å². The fourth-order valence-electron chi connectivity index (χ4n) is 3.02. The molecular weight excluding hydrogens is 486 g/mol. The lowest BCUT2D eigenvalue weighted by molar-refractivity contribution is 0.426. The molecule has 0 amide bonds. The molecule has 0 aromatic heterocycles. The summed E-state index contributed by atoms with van der Waals surface area (Å²) < 4.78 is 2.11. The quantitative estimate of drug-likeness (QED) is 0.321. The molecule has 0 bridgehead atoms. The molecule has 0 unspecified atom stereocenters. The second-order valence-corrected chi connectivity index (χ2v) is 7.68. The maximum atomic E-state index is 9.22. The zero-order chi connectivity index (χ0) is 20.3. The molecular formula is C20H15B2Br2O4+. The lowest BCUT2D eigenvalue weighted by Crippen LogP contribution is -2.38. The van der Waals surface area contributed by atoms with Crippen LogP contribution < -0.4 is 10.9 Å². The average Bonchev–Trinajstić information content (AvgIpc) is 2.67. The Bertz CT molecular complexity index is 1020. The Morgan fingerprint density at radius 1 is 0.750 bits per heavy atom. The number of hydrogen-bond donors (Lipinski definition) is 4. The third-order valence-corrected chi connectivity index (χ3v) is 5.55. The highest BCUT2D eigenvalue weighted by molar-refractivity contribution is 9.15. The van der Waals surface area contributed by atoms with Crippen molar-refractivity contribution in [3.8, 4) is 0 Å². The lowest BCUT2D eigenvalue weighted by atomic mass is 9.69. The van der Waals surface area contributed by atoms with Gasteiger partial charge in [0, 0.05) is 0 Å². The van der Waals surface area contributed by atoms with Crippen molar-refractivity contribution >= 4 is 78.4 Å². The van der Waals surface area contributed by atoms with E-state index in [-0.39, 0.29) is 10.9 Å². The van der Waals surface area contributed by atoms with E-state index in [4.69, 9.17) is 0 Å². The topological polar surface area (TPSA) is 80.9 Å². The van der Waals surface area contributed by atoms with Gasteiger partial charge in [-0.2, -0.15) is 0 Å². The maximum absolute atomic E-state index is 9.22. The summed E-state index contributed by atoms with van der Waals surface area (Å²) in [6.07, 6.45) is 7.06. The largest absolute Gasteiger partial charge is 0.489 e. The van der Waals surface area contributed by atoms with Gasteiger partial charge in [0.05, 0.1) is 22.2 Å². The summed E-state index contributed by atoms with van der Waals surface area (Å²) >= 11 is 6.96. The maximum Gasteiger partial charge on any atom is 0.489 e. The molecule has 0 aliphatic heterocycles. The highest BCUT2D eigenvalue weighted by Crippen LogP contribution is 2.34. The Hall–Kier alpha value is -1.76. The van der Waals surface area contributed by atoms with Gasteiger partial charge < -0.3 is 20.1 Å². The Balaban J connectivity index is 0.000000167. The van der Waals surface area contributed by atoms with Crippen molar-refractivity contribution < 1.29 is 20.1 Å². The molecule has 0 radical (unpaired) electrons. The summed E-state index contributed by atoms with van der Waals surface area (Å²) in [5, 5.41) is 38.1. The number of allylic oxidation sites excluding steroid dienone is 2. The van der Waals surface area contributed by atoms with Gasteiger partial charge >= 0.3 is 14.2 Å². The molecule has 0 saturated heterocycles. The van der Waals surface area contributed by atoms with E-state index in [0.29, 0.717) is 5.39 Å². The Kier molecular flexibility index (Phi) is 6.86. The summed E-state index contributed by atoms with van der Waals surface area (Å²) in [7, 11) is -3.27. The highest BCUT2D eigenvalue weighted by Gasteiger charge is 2.21. The summed E-state index contributed by atoms with van der Waals surface area (Å²) in [6.45, 7) is 0. The normalized spacial score (nSPS) is 11.7. The first-order valence-corrected chi connectivity index (χ1v) is 9.97. The summed E-state index contributed by atoms with van der Waals surface area (Å²) in [6, 6.07) is 16.1. The molecule has 3 aromatic rings. The van der Waals surface area contributed by atoms with E-state index in [9.17, 15) is 20.1 Å². The van der Waals surface area contributed by atoms with Crippen molar-refractivity contribution in [2.24, 2.45) is 0 Å². The van der Waals surface area contributed by atoms with Crippen LogP contribution in [0.3, 0.4) is 0 Å². The third kappa shape index (κ3) is 4.45. The molecule has 138 valence electrons. The smallest absolute Gasteiger partial charge is 0.423 e. The molecule has 4 N–H and O–H groups in total. The zero-order valence-corrected chi connectivity index (χ0v) is 17.7. The Labute approximate surface area is 180 Å². The fraction of sp³-hybridized carbons (Fsp3) is 0. The van der Waals surface area contributed by atoms with E-state index in [2.05, 4.69) is 44.0 Å². The van der Waals surface area contributed by atoms with Gasteiger partial charge in [0.25, 0.3) is 0 Å². The van der Waals surface area contributed by atoms with E-state index in [1.165, 1.54) is 11.1 Å². The van der Waals surface area contributed by atoms with Crippen LogP contribution in [0.4, 0.5) is 0 Å². The SMILES string of the molecule is BrC1=[C+]C=Cc2cccc(Br)c21.OB(O)c1cccc2cccc(B(O)O)c12. The van der Waals surface area contributed by atoms with Gasteiger partial charge in [0.1, 0.15) is 11.6 Å². The first kappa shape index (κ1) is 21.0. The number of rotatable bonds is 2. The van der Waals surface area contributed by atoms with E-state index in [1.807, 2.05) is 24.3 Å². The highest BCUT2D eigenvalue weighted by atomic mass is 79.9. The predicted octanol–water partition coefficient (Wildman–Crippen LogP) is 2.21. The number of hydrogen-bond acceptors (Lipinski definition) is 4. The van der Waals surface area contributed by atoms with E-state index in [1.54, 1.807) is 36.4 Å². The lowest BCUT2D eigenvalue weighted by Gasteiger charge is -2.10. The molecule has 1 aliphatic carbocycles. The van der Waals surface area contributed by atoms with Crippen molar-refractivity contribution in [3.63, 3.8) is 0 Å². The number of fused-ring (bicyclic) bond motifs is 2. The van der Waals surface area contributed by atoms with Crippen molar-refractivity contribution in [2.45, 2.75) is 0 Å². The van der Waals surface area contributed by atoms with Gasteiger partial charge in [0.2, 0.25) is 0 Å². The summed E-state index contributed by atoms with van der Waals surface area (Å²) in [5.74, 6) is 0. The molecule has 0 atom stereocenters. The molecule has 0 saturated carbocycles. The Morgan fingerprint density at radius 3 is 1.86 bits per heavy atom. The van der Waals surface area contributed by atoms with Crippen LogP contribution in [0.1, 0.15) is 11.1 Å². The predicted molar refractivity (Wildman–Crippen MR) is 122 cm³/mol. The minimum absolute atomic E-state index is 0.265. The molecule has 4 rings (SSSR count). The fourth-order valence-corrected chi connectivity index (χ4v) is 4.44. The van der Waals surface area contributed by atoms with Gasteiger partial charge in [-0.1, -0.05) is 42.5 Å². The molecule has 3 aromatic carbocycles. The molecule has 0 fully saturated rings. The van der Waals surface area contributed by atoms with E-state index in [0.717, 1.165) is 14.3 Å². The molecule has 4 nitrogen and oxygen atoms in total. The van der Waals surface area contributed by atoms with Crippen molar-refractivity contribution in [2.75, 3.05) is 0 Å². The standard InChI is InChI=1S/C10H10B2O4.C10H5Br2/c13-11(14)8-5-1-3-7-4-2-6-9(10(7)8)12(15)16;11-8-5-1-3-7-4-2-6-9(12)10(7)8/h1-6,13-16H;1-5H/q;+1. The summed E-state index contributed by atoms with van der Waals surface area (Å²) in [4.78, 5) is 0. The zero-order valence-electron chi connectivity index (χ0n) is 14.6. The second-order valence-electron chi connectivity index (χ2n) is 6.04. The molecule has 28 heavy (non-hydrogen) atoms. The average molecular weight is 501 g/mol.